The van der Waals surface area contributed by atoms with E-state index in [0.717, 1.165) is 29.5 Å². The van der Waals surface area contributed by atoms with Crippen molar-refractivity contribution in [3.05, 3.63) is 51.8 Å². The summed E-state index contributed by atoms with van der Waals surface area (Å²) in [4.78, 5) is 12.4. The highest BCUT2D eigenvalue weighted by Gasteiger charge is 2.15. The Kier molecular flexibility index (Phi) is 3.66. The van der Waals surface area contributed by atoms with E-state index >= 15 is 0 Å². The van der Waals surface area contributed by atoms with Crippen LogP contribution in [0.15, 0.2) is 34.9 Å². The molecule has 1 N–H and O–H groups in total. The van der Waals surface area contributed by atoms with E-state index in [-0.39, 0.29) is 5.91 Å². The van der Waals surface area contributed by atoms with Gasteiger partial charge in [-0.3, -0.25) is 4.79 Å². The van der Waals surface area contributed by atoms with E-state index in [1.165, 1.54) is 17.5 Å². The molecule has 4 heteroatoms. The predicted molar refractivity (Wildman–Crippen MR) is 84.2 cm³/mol. The molecule has 1 aromatic carbocycles. The van der Waals surface area contributed by atoms with Crippen LogP contribution in [-0.2, 0) is 19.4 Å². The molecule has 104 valence electrons. The summed E-state index contributed by atoms with van der Waals surface area (Å²) in [6, 6.07) is 8.09. The van der Waals surface area contributed by atoms with Crippen molar-refractivity contribution in [1.29, 1.82) is 0 Å². The van der Waals surface area contributed by atoms with Crippen LogP contribution in [-0.4, -0.2) is 10.5 Å². The monoisotopic (exact) mass is 332 g/mol. The van der Waals surface area contributed by atoms with Crippen molar-refractivity contribution in [2.45, 2.75) is 32.7 Å². The van der Waals surface area contributed by atoms with Gasteiger partial charge in [-0.15, -0.1) is 0 Å². The van der Waals surface area contributed by atoms with Crippen LogP contribution in [0.25, 0.3) is 0 Å². The molecule has 1 aliphatic rings. The van der Waals surface area contributed by atoms with E-state index in [1.807, 2.05) is 29.8 Å². The molecule has 0 fully saturated rings. The summed E-state index contributed by atoms with van der Waals surface area (Å²) in [6.45, 7) is 2.80. The SMILES string of the molecule is CCn1cc(Br)cc1C(=O)Nc1ccc2c(c1)CCC2. The Morgan fingerprint density at radius 1 is 1.30 bits per heavy atom. The topological polar surface area (TPSA) is 34.0 Å². The molecule has 0 saturated carbocycles. The molecule has 0 aliphatic heterocycles. The largest absolute Gasteiger partial charge is 0.343 e. The Labute approximate surface area is 127 Å². The van der Waals surface area contributed by atoms with E-state index in [9.17, 15) is 4.79 Å². The fourth-order valence-electron chi connectivity index (χ4n) is 2.77. The molecular weight excluding hydrogens is 316 g/mol. The number of nitrogens with zero attached hydrogens (tertiary/aromatic N) is 1. The Morgan fingerprint density at radius 2 is 2.10 bits per heavy atom. The molecule has 20 heavy (non-hydrogen) atoms. The first kappa shape index (κ1) is 13.4. The summed E-state index contributed by atoms with van der Waals surface area (Å²) in [6.07, 6.45) is 5.43. The quantitative estimate of drug-likeness (QED) is 0.905. The fraction of sp³-hybridized carbons (Fsp3) is 0.312. The highest BCUT2D eigenvalue weighted by atomic mass is 79.9. The van der Waals surface area contributed by atoms with Gasteiger partial charge >= 0.3 is 0 Å². The normalized spacial score (nSPS) is 13.3. The van der Waals surface area contributed by atoms with Gasteiger partial charge in [-0.25, -0.2) is 0 Å². The second-order valence-electron chi connectivity index (χ2n) is 5.12. The van der Waals surface area contributed by atoms with Crippen molar-refractivity contribution >= 4 is 27.5 Å². The summed E-state index contributed by atoms with van der Waals surface area (Å²) >= 11 is 3.42. The lowest BCUT2D eigenvalue weighted by Gasteiger charge is -2.09. The Balaban J connectivity index is 1.82. The first-order chi connectivity index (χ1) is 9.67. The average molecular weight is 333 g/mol. The summed E-state index contributed by atoms with van der Waals surface area (Å²) in [5, 5.41) is 3.00. The Bertz CT molecular complexity index is 660. The summed E-state index contributed by atoms with van der Waals surface area (Å²) < 4.78 is 2.87. The van der Waals surface area contributed by atoms with E-state index < -0.39 is 0 Å². The van der Waals surface area contributed by atoms with Crippen LogP contribution in [0.1, 0.15) is 35.0 Å². The van der Waals surface area contributed by atoms with Crippen molar-refractivity contribution in [1.82, 2.24) is 4.57 Å². The summed E-state index contributed by atoms with van der Waals surface area (Å²) in [5.74, 6) is -0.0597. The third-order valence-electron chi connectivity index (χ3n) is 3.79. The zero-order valence-electron chi connectivity index (χ0n) is 11.4. The third-order valence-corrected chi connectivity index (χ3v) is 4.23. The number of carbonyl (C=O) groups is 1. The van der Waals surface area contributed by atoms with Crippen LogP contribution >= 0.6 is 15.9 Å². The molecule has 2 aromatic rings. The van der Waals surface area contributed by atoms with Crippen molar-refractivity contribution < 1.29 is 4.79 Å². The van der Waals surface area contributed by atoms with Crippen LogP contribution in [0, 0.1) is 0 Å². The van der Waals surface area contributed by atoms with Crippen LogP contribution < -0.4 is 5.32 Å². The minimum absolute atomic E-state index is 0.0597. The van der Waals surface area contributed by atoms with Crippen LogP contribution in [0.5, 0.6) is 0 Å². The number of amides is 1. The number of aryl methyl sites for hydroxylation is 3. The predicted octanol–water partition coefficient (Wildman–Crippen LogP) is 4.01. The lowest BCUT2D eigenvalue weighted by atomic mass is 10.1. The van der Waals surface area contributed by atoms with Crippen molar-refractivity contribution in [3.8, 4) is 0 Å². The lowest BCUT2D eigenvalue weighted by Crippen LogP contribution is -2.16. The van der Waals surface area contributed by atoms with Gasteiger partial charge < -0.3 is 9.88 Å². The van der Waals surface area contributed by atoms with E-state index in [4.69, 9.17) is 0 Å². The fourth-order valence-corrected chi connectivity index (χ4v) is 3.24. The molecule has 1 heterocycles. The molecule has 1 amide bonds. The van der Waals surface area contributed by atoms with Crippen molar-refractivity contribution in [3.63, 3.8) is 0 Å². The van der Waals surface area contributed by atoms with Crippen LogP contribution in [0.4, 0.5) is 5.69 Å². The molecule has 1 aromatic heterocycles. The number of hydrogen-bond acceptors (Lipinski definition) is 1. The summed E-state index contributed by atoms with van der Waals surface area (Å²) in [5.41, 5.74) is 4.35. The Morgan fingerprint density at radius 3 is 2.90 bits per heavy atom. The number of anilines is 1. The number of nitrogens with one attached hydrogen (secondary N) is 1. The van der Waals surface area contributed by atoms with Crippen LogP contribution in [0.2, 0.25) is 0 Å². The highest BCUT2D eigenvalue weighted by molar-refractivity contribution is 9.10. The number of halogens is 1. The van der Waals surface area contributed by atoms with Gasteiger partial charge in [-0.2, -0.15) is 0 Å². The van der Waals surface area contributed by atoms with E-state index in [1.54, 1.807) is 0 Å². The van der Waals surface area contributed by atoms with E-state index in [2.05, 4.69) is 33.4 Å². The third kappa shape index (κ3) is 2.52. The number of benzene rings is 1. The zero-order chi connectivity index (χ0) is 14.1. The van der Waals surface area contributed by atoms with Gasteiger partial charge in [0.15, 0.2) is 0 Å². The molecule has 0 spiro atoms. The van der Waals surface area contributed by atoms with Gasteiger partial charge in [0.2, 0.25) is 0 Å². The molecule has 3 rings (SSSR count). The molecule has 1 aliphatic carbocycles. The summed E-state index contributed by atoms with van der Waals surface area (Å²) in [7, 11) is 0. The van der Waals surface area contributed by atoms with E-state index in [0.29, 0.717) is 5.69 Å². The maximum absolute atomic E-state index is 12.4. The smallest absolute Gasteiger partial charge is 0.272 e. The first-order valence-electron chi connectivity index (χ1n) is 6.96. The minimum Gasteiger partial charge on any atom is -0.343 e. The zero-order valence-corrected chi connectivity index (χ0v) is 13.0. The molecule has 3 nitrogen and oxygen atoms in total. The Hall–Kier alpha value is -1.55. The maximum Gasteiger partial charge on any atom is 0.272 e. The number of hydrogen-bond donors (Lipinski definition) is 1. The van der Waals surface area contributed by atoms with Crippen LogP contribution in [0.3, 0.4) is 0 Å². The molecular formula is C16H17BrN2O. The molecule has 0 radical (unpaired) electrons. The highest BCUT2D eigenvalue weighted by Crippen LogP contribution is 2.25. The van der Waals surface area contributed by atoms with Gasteiger partial charge in [0.1, 0.15) is 5.69 Å². The molecule has 0 atom stereocenters. The first-order valence-corrected chi connectivity index (χ1v) is 7.75. The standard InChI is InChI=1S/C16H17BrN2O/c1-2-19-10-13(17)9-15(19)16(20)18-14-7-6-11-4-3-5-12(11)8-14/h6-10H,2-5H2,1H3,(H,18,20). The number of aromatic nitrogens is 1. The maximum atomic E-state index is 12.4. The average Bonchev–Trinajstić information content (AvgIpc) is 3.03. The van der Waals surface area contributed by atoms with Gasteiger partial charge in [0.25, 0.3) is 5.91 Å². The second kappa shape index (κ2) is 5.44. The van der Waals surface area contributed by atoms with Gasteiger partial charge in [-0.05, 0) is 71.4 Å². The number of fused-ring (bicyclic) bond motifs is 1. The van der Waals surface area contributed by atoms with Crippen molar-refractivity contribution in [2.75, 3.05) is 5.32 Å². The van der Waals surface area contributed by atoms with Gasteiger partial charge in [0.05, 0.1) is 0 Å². The number of rotatable bonds is 3. The minimum atomic E-state index is -0.0597. The second-order valence-corrected chi connectivity index (χ2v) is 6.04. The number of carbonyl (C=O) groups excluding carboxylic acids is 1. The molecule has 0 unspecified atom stereocenters. The molecule has 0 bridgehead atoms. The lowest BCUT2D eigenvalue weighted by molar-refractivity contribution is 0.101. The van der Waals surface area contributed by atoms with Gasteiger partial charge in [0, 0.05) is 22.9 Å². The van der Waals surface area contributed by atoms with Gasteiger partial charge in [-0.1, -0.05) is 6.07 Å². The van der Waals surface area contributed by atoms with Crippen molar-refractivity contribution in [2.24, 2.45) is 0 Å². The molecule has 0 saturated heterocycles.